The van der Waals surface area contributed by atoms with Crippen molar-refractivity contribution in [1.29, 1.82) is 0 Å². The Hall–Kier alpha value is -3.04. The molecule has 1 saturated heterocycles. The number of rotatable bonds is 6. The van der Waals surface area contributed by atoms with Crippen molar-refractivity contribution in [1.82, 2.24) is 9.88 Å². The van der Waals surface area contributed by atoms with Crippen molar-refractivity contribution in [2.24, 2.45) is 0 Å². The van der Waals surface area contributed by atoms with Gasteiger partial charge in [0, 0.05) is 32.7 Å². The predicted molar refractivity (Wildman–Crippen MR) is 149 cm³/mol. The molecule has 0 radical (unpaired) electrons. The highest BCUT2D eigenvalue weighted by atomic mass is 32.2. The van der Waals surface area contributed by atoms with Gasteiger partial charge >= 0.3 is 0 Å². The summed E-state index contributed by atoms with van der Waals surface area (Å²) in [5.41, 5.74) is 3.33. The summed E-state index contributed by atoms with van der Waals surface area (Å²) < 4.78 is 30.8. The highest BCUT2D eigenvalue weighted by Gasteiger charge is 2.26. The minimum absolute atomic E-state index is 0.0666. The zero-order valence-electron chi connectivity index (χ0n) is 20.5. The Bertz CT molecular complexity index is 1370. The van der Waals surface area contributed by atoms with Gasteiger partial charge in [-0.15, -0.1) is 0 Å². The molecule has 0 saturated carbocycles. The average Bonchev–Trinajstić information content (AvgIpc) is 3.52. The van der Waals surface area contributed by atoms with Gasteiger partial charge in [-0.3, -0.25) is 9.45 Å². The van der Waals surface area contributed by atoms with E-state index in [0.29, 0.717) is 6.04 Å². The van der Waals surface area contributed by atoms with E-state index in [1.165, 1.54) is 28.8 Å². The fourth-order valence-electron chi connectivity index (χ4n) is 4.07. The smallest absolute Gasteiger partial charge is 0.294 e. The summed E-state index contributed by atoms with van der Waals surface area (Å²) in [6, 6.07) is 25.4. The van der Waals surface area contributed by atoms with Crippen molar-refractivity contribution in [2.45, 2.75) is 24.3 Å². The second kappa shape index (κ2) is 11.8. The van der Waals surface area contributed by atoms with E-state index in [1.807, 2.05) is 6.92 Å². The standard InChI is InChI=1S/C21H23N3S.C7H8O3S/c1-23(21-22-19-11-5-6-12-20(19)25-21)18-13-15-24(16-18)14-7-10-17-8-3-2-4-9-17;1-6-2-4-7(5-3-6)11(8,9)10/h2-12,18H,13-16H2,1H3;2-5H,1H3,(H,8,9,10)/b10-7+;. The normalized spacial score (nSPS) is 16.2. The molecule has 1 aromatic heterocycles. The molecule has 3 aromatic carbocycles. The van der Waals surface area contributed by atoms with Crippen molar-refractivity contribution in [3.63, 3.8) is 0 Å². The zero-order valence-corrected chi connectivity index (χ0v) is 22.1. The number of thiazole rings is 1. The highest BCUT2D eigenvalue weighted by molar-refractivity contribution is 7.85. The summed E-state index contributed by atoms with van der Waals surface area (Å²) in [6.45, 7) is 5.11. The molecule has 1 aliphatic rings. The summed E-state index contributed by atoms with van der Waals surface area (Å²) in [7, 11) is -1.83. The molecule has 0 spiro atoms. The molecular formula is C28H31N3O3S2. The molecule has 188 valence electrons. The Morgan fingerprint density at radius 1 is 1.06 bits per heavy atom. The van der Waals surface area contributed by atoms with Crippen molar-refractivity contribution < 1.29 is 13.0 Å². The third-order valence-corrected chi connectivity index (χ3v) is 8.17. The maximum Gasteiger partial charge on any atom is 0.294 e. The maximum absolute atomic E-state index is 10.5. The number of para-hydroxylation sites is 1. The van der Waals surface area contributed by atoms with Gasteiger partial charge in [-0.1, -0.05) is 83.6 Å². The lowest BCUT2D eigenvalue weighted by Crippen LogP contribution is -2.34. The first-order valence-electron chi connectivity index (χ1n) is 11.9. The van der Waals surface area contributed by atoms with Gasteiger partial charge in [0.1, 0.15) is 0 Å². The molecule has 8 heteroatoms. The van der Waals surface area contributed by atoms with E-state index in [4.69, 9.17) is 9.54 Å². The van der Waals surface area contributed by atoms with Crippen LogP contribution in [-0.2, 0) is 10.1 Å². The average molecular weight is 522 g/mol. The lowest BCUT2D eigenvalue weighted by atomic mass is 10.2. The van der Waals surface area contributed by atoms with Gasteiger partial charge in [0.2, 0.25) is 0 Å². The number of likely N-dealkylation sites (N-methyl/N-ethyl adjacent to an activating group) is 1. The summed E-state index contributed by atoms with van der Waals surface area (Å²) in [5, 5.41) is 1.13. The van der Waals surface area contributed by atoms with Crippen LogP contribution in [-0.4, -0.2) is 55.6 Å². The monoisotopic (exact) mass is 521 g/mol. The molecule has 4 aromatic rings. The van der Waals surface area contributed by atoms with Gasteiger partial charge in [-0.05, 0) is 43.2 Å². The number of hydrogen-bond acceptors (Lipinski definition) is 6. The van der Waals surface area contributed by atoms with Crippen molar-refractivity contribution in [3.8, 4) is 0 Å². The minimum atomic E-state index is -4.02. The van der Waals surface area contributed by atoms with E-state index in [0.717, 1.165) is 35.8 Å². The van der Waals surface area contributed by atoms with Crippen LogP contribution in [0.3, 0.4) is 0 Å². The Balaban J connectivity index is 0.000000233. The van der Waals surface area contributed by atoms with Crippen LogP contribution in [0.1, 0.15) is 17.5 Å². The lowest BCUT2D eigenvalue weighted by Gasteiger charge is -2.24. The number of anilines is 1. The highest BCUT2D eigenvalue weighted by Crippen LogP contribution is 2.30. The van der Waals surface area contributed by atoms with Crippen molar-refractivity contribution >= 4 is 42.9 Å². The van der Waals surface area contributed by atoms with Crippen LogP contribution >= 0.6 is 11.3 Å². The van der Waals surface area contributed by atoms with E-state index < -0.39 is 10.1 Å². The number of benzene rings is 3. The van der Waals surface area contributed by atoms with Crippen LogP contribution < -0.4 is 4.90 Å². The van der Waals surface area contributed by atoms with Gasteiger partial charge < -0.3 is 4.90 Å². The number of fused-ring (bicyclic) bond motifs is 1. The van der Waals surface area contributed by atoms with Crippen LogP contribution in [0.4, 0.5) is 5.13 Å². The first kappa shape index (κ1) is 26.0. The molecule has 0 bridgehead atoms. The number of nitrogens with zero attached hydrogens (tertiary/aromatic N) is 3. The van der Waals surface area contributed by atoms with Gasteiger partial charge in [0.05, 0.1) is 15.1 Å². The molecule has 1 atom stereocenters. The molecule has 36 heavy (non-hydrogen) atoms. The third-order valence-electron chi connectivity index (χ3n) is 6.17. The fraction of sp³-hybridized carbons (Fsp3) is 0.250. The Morgan fingerprint density at radius 2 is 1.75 bits per heavy atom. The third kappa shape index (κ3) is 7.01. The van der Waals surface area contributed by atoms with Crippen molar-refractivity contribution in [3.05, 3.63) is 96.1 Å². The number of aryl methyl sites for hydroxylation is 1. The summed E-state index contributed by atoms with van der Waals surface area (Å²) >= 11 is 1.79. The molecular weight excluding hydrogens is 490 g/mol. The summed E-state index contributed by atoms with van der Waals surface area (Å²) in [6.07, 6.45) is 5.69. The van der Waals surface area contributed by atoms with Gasteiger partial charge in [0.15, 0.2) is 5.13 Å². The Kier molecular flexibility index (Phi) is 8.53. The molecule has 5 rings (SSSR count). The van der Waals surface area contributed by atoms with Crippen LogP contribution in [0.5, 0.6) is 0 Å². The Labute approximate surface area is 217 Å². The van der Waals surface area contributed by atoms with Crippen LogP contribution in [0, 0.1) is 6.92 Å². The number of aromatic nitrogens is 1. The van der Waals surface area contributed by atoms with Crippen LogP contribution in [0.25, 0.3) is 16.3 Å². The van der Waals surface area contributed by atoms with Crippen LogP contribution in [0.2, 0.25) is 0 Å². The molecule has 0 amide bonds. The zero-order chi connectivity index (χ0) is 25.5. The molecule has 1 fully saturated rings. The fourth-order valence-corrected chi connectivity index (χ4v) is 5.55. The molecule has 0 aliphatic carbocycles. The molecule has 1 aliphatic heterocycles. The topological polar surface area (TPSA) is 73.7 Å². The van der Waals surface area contributed by atoms with E-state index in [-0.39, 0.29) is 4.90 Å². The number of hydrogen-bond donors (Lipinski definition) is 1. The first-order chi connectivity index (χ1) is 17.3. The van der Waals surface area contributed by atoms with Crippen LogP contribution in [0.15, 0.2) is 89.8 Å². The molecule has 1 unspecified atom stereocenters. The minimum Gasteiger partial charge on any atom is -0.347 e. The van der Waals surface area contributed by atoms with E-state index in [1.54, 1.807) is 23.5 Å². The van der Waals surface area contributed by atoms with E-state index in [2.05, 4.69) is 83.6 Å². The van der Waals surface area contributed by atoms with Crippen molar-refractivity contribution in [2.75, 3.05) is 31.6 Å². The second-order valence-corrected chi connectivity index (χ2v) is 11.3. The second-order valence-electron chi connectivity index (χ2n) is 8.88. The van der Waals surface area contributed by atoms with E-state index >= 15 is 0 Å². The van der Waals surface area contributed by atoms with Gasteiger partial charge in [-0.2, -0.15) is 8.42 Å². The van der Waals surface area contributed by atoms with Gasteiger partial charge in [-0.25, -0.2) is 4.98 Å². The quantitative estimate of drug-likeness (QED) is 0.325. The summed E-state index contributed by atoms with van der Waals surface area (Å²) in [5.74, 6) is 0. The lowest BCUT2D eigenvalue weighted by molar-refractivity contribution is 0.371. The largest absolute Gasteiger partial charge is 0.347 e. The Morgan fingerprint density at radius 3 is 2.44 bits per heavy atom. The predicted octanol–water partition coefficient (Wildman–Crippen LogP) is 5.76. The first-order valence-corrected chi connectivity index (χ1v) is 14.1. The summed E-state index contributed by atoms with van der Waals surface area (Å²) in [4.78, 5) is 9.62. The molecule has 6 nitrogen and oxygen atoms in total. The molecule has 1 N–H and O–H groups in total. The SMILES string of the molecule is CN(c1nc2ccccc2s1)C1CCN(C/C=C/c2ccccc2)C1.Cc1ccc(S(=O)(=O)O)cc1. The van der Waals surface area contributed by atoms with E-state index in [9.17, 15) is 8.42 Å². The molecule has 2 heterocycles. The number of likely N-dealkylation sites (tertiary alicyclic amines) is 1. The maximum atomic E-state index is 10.5. The van der Waals surface area contributed by atoms with Gasteiger partial charge in [0.25, 0.3) is 10.1 Å².